The normalized spacial score (nSPS) is 11.8. The maximum absolute atomic E-state index is 4.94. The monoisotopic (exact) mass is 470 g/mol. The number of para-hydroxylation sites is 2. The van der Waals surface area contributed by atoms with Gasteiger partial charge in [0.2, 0.25) is 0 Å². The minimum atomic E-state index is 0.929. The van der Waals surface area contributed by atoms with Crippen LogP contribution in [0.15, 0.2) is 134 Å². The van der Waals surface area contributed by atoms with Gasteiger partial charge in [-0.2, -0.15) is 0 Å². The summed E-state index contributed by atoms with van der Waals surface area (Å²) in [7, 11) is 0. The Hall–Kier alpha value is -4.95. The fourth-order valence-corrected chi connectivity index (χ4v) is 5.86. The standard InChI is InChI=1S/C35H22N2/c1-2-8-27-23(7-1)15-19-29-28(27)18-16-24-13-14-25(21-32(24)29)26-17-20-35(36-22-26)37-33-11-5-3-9-30(33)31-10-4-6-12-34(31)37/h1-22H. The molecular formula is C35H22N2. The highest BCUT2D eigenvalue weighted by Crippen LogP contribution is 2.35. The van der Waals surface area contributed by atoms with Crippen LogP contribution in [0.3, 0.4) is 0 Å². The van der Waals surface area contributed by atoms with Crippen molar-refractivity contribution in [3.63, 3.8) is 0 Å². The van der Waals surface area contributed by atoms with Crippen LogP contribution in [-0.2, 0) is 0 Å². The number of nitrogens with zero attached hydrogens (tertiary/aromatic N) is 2. The van der Waals surface area contributed by atoms with Gasteiger partial charge in [-0.1, -0.05) is 97.1 Å². The zero-order chi connectivity index (χ0) is 24.3. The van der Waals surface area contributed by atoms with Gasteiger partial charge in [-0.15, -0.1) is 0 Å². The zero-order valence-electron chi connectivity index (χ0n) is 20.1. The average molecular weight is 471 g/mol. The molecule has 0 saturated carbocycles. The summed E-state index contributed by atoms with van der Waals surface area (Å²) in [5.41, 5.74) is 4.64. The van der Waals surface area contributed by atoms with E-state index in [-0.39, 0.29) is 0 Å². The van der Waals surface area contributed by atoms with E-state index in [1.807, 2.05) is 6.20 Å². The lowest BCUT2D eigenvalue weighted by atomic mass is 9.95. The summed E-state index contributed by atoms with van der Waals surface area (Å²) < 4.78 is 2.26. The van der Waals surface area contributed by atoms with Gasteiger partial charge in [0.15, 0.2) is 0 Å². The molecule has 0 amide bonds. The van der Waals surface area contributed by atoms with Crippen molar-refractivity contribution in [3.05, 3.63) is 134 Å². The summed E-state index contributed by atoms with van der Waals surface area (Å²) in [6, 6.07) is 45.7. The Labute approximate surface area is 214 Å². The van der Waals surface area contributed by atoms with Gasteiger partial charge in [0.25, 0.3) is 0 Å². The van der Waals surface area contributed by atoms with Crippen molar-refractivity contribution in [1.82, 2.24) is 9.55 Å². The maximum atomic E-state index is 4.94. The lowest BCUT2D eigenvalue weighted by Gasteiger charge is -2.11. The SMILES string of the molecule is c1ccc2c(c1)ccc1c3cc(-c4ccc(-n5c6ccccc6c6ccccc65)nc4)ccc3ccc21. The summed E-state index contributed by atoms with van der Waals surface area (Å²) in [6.07, 6.45) is 2.00. The fraction of sp³-hybridized carbons (Fsp3) is 0. The molecule has 8 rings (SSSR count). The van der Waals surface area contributed by atoms with Gasteiger partial charge in [-0.3, -0.25) is 4.57 Å². The fourth-order valence-electron chi connectivity index (χ4n) is 5.86. The first-order chi connectivity index (χ1) is 18.3. The van der Waals surface area contributed by atoms with Crippen molar-refractivity contribution in [2.24, 2.45) is 0 Å². The first-order valence-electron chi connectivity index (χ1n) is 12.6. The van der Waals surface area contributed by atoms with Crippen LogP contribution >= 0.6 is 0 Å². The Kier molecular flexibility index (Phi) is 4.26. The van der Waals surface area contributed by atoms with Crippen LogP contribution in [0, 0.1) is 0 Å². The van der Waals surface area contributed by atoms with Crippen molar-refractivity contribution in [2.45, 2.75) is 0 Å². The van der Waals surface area contributed by atoms with Gasteiger partial charge in [-0.05, 0) is 68.2 Å². The predicted octanol–water partition coefficient (Wildman–Crippen LogP) is 9.31. The molecule has 172 valence electrons. The quantitative estimate of drug-likeness (QED) is 0.230. The molecule has 37 heavy (non-hydrogen) atoms. The second kappa shape index (κ2) is 7.78. The van der Waals surface area contributed by atoms with Crippen molar-refractivity contribution in [2.75, 3.05) is 0 Å². The molecule has 0 radical (unpaired) electrons. The third kappa shape index (κ3) is 3.03. The van der Waals surface area contributed by atoms with Crippen LogP contribution in [0.4, 0.5) is 0 Å². The largest absolute Gasteiger partial charge is 0.294 e. The second-order valence-electron chi connectivity index (χ2n) is 9.66. The lowest BCUT2D eigenvalue weighted by molar-refractivity contribution is 1.08. The van der Waals surface area contributed by atoms with Crippen LogP contribution in [-0.4, -0.2) is 9.55 Å². The Bertz CT molecular complexity index is 2080. The number of aromatic nitrogens is 2. The van der Waals surface area contributed by atoms with Crippen LogP contribution < -0.4 is 0 Å². The highest BCUT2D eigenvalue weighted by atomic mass is 15.1. The number of fused-ring (bicyclic) bond motifs is 8. The summed E-state index contributed by atoms with van der Waals surface area (Å²) in [5, 5.41) is 10.2. The number of pyridine rings is 1. The minimum absolute atomic E-state index is 0.929. The molecule has 0 bridgehead atoms. The number of rotatable bonds is 2. The smallest absolute Gasteiger partial charge is 0.137 e. The molecule has 2 heterocycles. The van der Waals surface area contributed by atoms with E-state index in [0.717, 1.165) is 11.4 Å². The van der Waals surface area contributed by atoms with Crippen molar-refractivity contribution in [3.8, 4) is 16.9 Å². The summed E-state index contributed by atoms with van der Waals surface area (Å²) in [4.78, 5) is 4.94. The highest BCUT2D eigenvalue weighted by Gasteiger charge is 2.12. The lowest BCUT2D eigenvalue weighted by Crippen LogP contribution is -1.97. The van der Waals surface area contributed by atoms with Crippen molar-refractivity contribution < 1.29 is 0 Å². The molecule has 0 spiro atoms. The number of benzene rings is 6. The third-order valence-electron chi connectivity index (χ3n) is 7.63. The first-order valence-corrected chi connectivity index (χ1v) is 12.6. The van der Waals surface area contributed by atoms with E-state index in [1.165, 1.54) is 59.7 Å². The molecule has 0 unspecified atom stereocenters. The summed E-state index contributed by atoms with van der Waals surface area (Å²) in [5.74, 6) is 0.929. The van der Waals surface area contributed by atoms with Gasteiger partial charge in [0, 0.05) is 22.5 Å². The van der Waals surface area contributed by atoms with E-state index in [4.69, 9.17) is 4.98 Å². The molecule has 6 aromatic carbocycles. The molecule has 8 aromatic rings. The Morgan fingerprint density at radius 2 is 0.973 bits per heavy atom. The first kappa shape index (κ1) is 20.3. The molecular weight excluding hydrogens is 448 g/mol. The van der Waals surface area contributed by atoms with Crippen LogP contribution in [0.5, 0.6) is 0 Å². The zero-order valence-corrected chi connectivity index (χ0v) is 20.1. The highest BCUT2D eigenvalue weighted by molar-refractivity contribution is 6.17. The van der Waals surface area contributed by atoms with Crippen molar-refractivity contribution >= 4 is 54.1 Å². The van der Waals surface area contributed by atoms with Gasteiger partial charge < -0.3 is 0 Å². The van der Waals surface area contributed by atoms with E-state index in [2.05, 4.69) is 132 Å². The minimum Gasteiger partial charge on any atom is -0.294 e. The molecule has 2 aromatic heterocycles. The maximum Gasteiger partial charge on any atom is 0.137 e. The molecule has 0 fully saturated rings. The molecule has 2 heteroatoms. The van der Waals surface area contributed by atoms with E-state index >= 15 is 0 Å². The molecule has 0 aliphatic heterocycles. The molecule has 0 atom stereocenters. The van der Waals surface area contributed by atoms with Gasteiger partial charge in [0.05, 0.1) is 11.0 Å². The predicted molar refractivity (Wildman–Crippen MR) is 157 cm³/mol. The van der Waals surface area contributed by atoms with Crippen LogP contribution in [0.1, 0.15) is 0 Å². The molecule has 0 N–H and O–H groups in total. The Morgan fingerprint density at radius 3 is 1.68 bits per heavy atom. The topological polar surface area (TPSA) is 17.8 Å². The van der Waals surface area contributed by atoms with Crippen LogP contribution in [0.2, 0.25) is 0 Å². The molecule has 0 aliphatic rings. The molecule has 0 aliphatic carbocycles. The van der Waals surface area contributed by atoms with Crippen LogP contribution in [0.25, 0.3) is 71.1 Å². The van der Waals surface area contributed by atoms with Crippen molar-refractivity contribution in [1.29, 1.82) is 0 Å². The average Bonchev–Trinajstić information content (AvgIpc) is 3.31. The Morgan fingerprint density at radius 1 is 0.405 bits per heavy atom. The number of hydrogen-bond acceptors (Lipinski definition) is 1. The molecule has 0 saturated heterocycles. The van der Waals surface area contributed by atoms with E-state index < -0.39 is 0 Å². The van der Waals surface area contributed by atoms with Gasteiger partial charge in [-0.25, -0.2) is 4.98 Å². The number of hydrogen-bond donors (Lipinski definition) is 0. The molecule has 2 nitrogen and oxygen atoms in total. The Balaban J connectivity index is 1.28. The third-order valence-corrected chi connectivity index (χ3v) is 7.63. The van der Waals surface area contributed by atoms with E-state index in [0.29, 0.717) is 0 Å². The summed E-state index contributed by atoms with van der Waals surface area (Å²) >= 11 is 0. The van der Waals surface area contributed by atoms with Gasteiger partial charge in [0.1, 0.15) is 5.82 Å². The summed E-state index contributed by atoms with van der Waals surface area (Å²) in [6.45, 7) is 0. The van der Waals surface area contributed by atoms with E-state index in [9.17, 15) is 0 Å². The second-order valence-corrected chi connectivity index (χ2v) is 9.66. The van der Waals surface area contributed by atoms with E-state index in [1.54, 1.807) is 0 Å². The van der Waals surface area contributed by atoms with Gasteiger partial charge >= 0.3 is 0 Å².